The maximum atomic E-state index is 13.9. The molecule has 1 aliphatic heterocycles. The van der Waals surface area contributed by atoms with Crippen LogP contribution >= 0.6 is 0 Å². The zero-order valence-corrected chi connectivity index (χ0v) is 28.5. The van der Waals surface area contributed by atoms with Gasteiger partial charge in [-0.15, -0.1) is 0 Å². The first-order valence-electron chi connectivity index (χ1n) is 15.5. The Kier molecular flexibility index (Phi) is 15.1. The van der Waals surface area contributed by atoms with Crippen LogP contribution in [0.1, 0.15) is 57.7 Å². The van der Waals surface area contributed by atoms with Crippen LogP contribution in [-0.2, 0) is 52.8 Å². The van der Waals surface area contributed by atoms with E-state index in [0.717, 1.165) is 16.7 Å². The number of fused-ring (bicyclic) bond motifs is 1. The van der Waals surface area contributed by atoms with Crippen molar-refractivity contribution in [2.45, 2.75) is 84.2 Å². The molecule has 0 aliphatic carbocycles. The number of carboxylic acids is 2. The summed E-state index contributed by atoms with van der Waals surface area (Å²) in [6.45, 7) is 9.25. The number of aryl methyl sites for hydroxylation is 1. The smallest absolute Gasteiger partial charge is 0.329 e. The molecule has 3 atom stereocenters. The Morgan fingerprint density at radius 1 is 0.958 bits per heavy atom. The van der Waals surface area contributed by atoms with Crippen molar-refractivity contribution in [2.24, 2.45) is 0 Å². The van der Waals surface area contributed by atoms with Crippen LogP contribution in [0.5, 0.6) is 11.5 Å². The molecule has 3 rings (SSSR count). The van der Waals surface area contributed by atoms with Gasteiger partial charge in [0.15, 0.2) is 11.5 Å². The summed E-state index contributed by atoms with van der Waals surface area (Å²) in [6.07, 6.45) is 2.47. The molecule has 13 nitrogen and oxygen atoms in total. The summed E-state index contributed by atoms with van der Waals surface area (Å²) >= 11 is 0. The Morgan fingerprint density at radius 3 is 2.02 bits per heavy atom. The van der Waals surface area contributed by atoms with Crippen molar-refractivity contribution in [2.75, 3.05) is 20.8 Å². The first-order chi connectivity index (χ1) is 22.6. The number of amides is 1. The minimum absolute atomic E-state index is 0.179. The van der Waals surface area contributed by atoms with Crippen LogP contribution in [0, 0.1) is 0 Å². The van der Waals surface area contributed by atoms with E-state index < -0.39 is 47.6 Å². The summed E-state index contributed by atoms with van der Waals surface area (Å²) in [5, 5.41) is 18.8. The Bertz CT molecular complexity index is 1430. The molecular formula is C35H46N2O11. The Hall–Kier alpha value is -4.91. The quantitative estimate of drug-likeness (QED) is 0.209. The molecule has 1 heterocycles. The van der Waals surface area contributed by atoms with Crippen LogP contribution in [0.2, 0.25) is 0 Å². The predicted octanol–water partition coefficient (Wildman–Crippen LogP) is 3.55. The van der Waals surface area contributed by atoms with Crippen LogP contribution in [0.4, 0.5) is 0 Å². The molecule has 0 fully saturated rings. The normalized spacial score (nSPS) is 15.2. The molecule has 0 saturated carbocycles. The van der Waals surface area contributed by atoms with E-state index in [-0.39, 0.29) is 25.5 Å². The van der Waals surface area contributed by atoms with Gasteiger partial charge in [0.25, 0.3) is 0 Å². The third-order valence-electron chi connectivity index (χ3n) is 7.12. The van der Waals surface area contributed by atoms with E-state index in [2.05, 4.69) is 5.32 Å². The highest BCUT2D eigenvalue weighted by molar-refractivity contribution is 5.90. The van der Waals surface area contributed by atoms with Crippen molar-refractivity contribution in [3.8, 4) is 11.5 Å². The van der Waals surface area contributed by atoms with E-state index in [0.29, 0.717) is 36.5 Å². The molecule has 0 spiro atoms. The summed E-state index contributed by atoms with van der Waals surface area (Å²) in [6, 6.07) is 11.2. The second-order valence-electron chi connectivity index (χ2n) is 11.9. The van der Waals surface area contributed by atoms with E-state index in [1.54, 1.807) is 48.8 Å². The van der Waals surface area contributed by atoms with E-state index in [9.17, 15) is 24.0 Å². The molecule has 0 unspecified atom stereocenters. The highest BCUT2D eigenvalue weighted by Crippen LogP contribution is 2.35. The number of carbonyl (C=O) groups is 5. The molecule has 0 aromatic heterocycles. The maximum Gasteiger partial charge on any atom is 0.329 e. The summed E-state index contributed by atoms with van der Waals surface area (Å²) in [4.78, 5) is 60.7. The van der Waals surface area contributed by atoms with E-state index >= 15 is 0 Å². The van der Waals surface area contributed by atoms with Crippen LogP contribution in [-0.4, -0.2) is 89.5 Å². The largest absolute Gasteiger partial charge is 0.493 e. The topological polar surface area (TPSA) is 178 Å². The number of benzene rings is 2. The van der Waals surface area contributed by atoms with Gasteiger partial charge in [-0.25, -0.2) is 14.4 Å². The highest BCUT2D eigenvalue weighted by atomic mass is 16.6. The lowest BCUT2D eigenvalue weighted by molar-refractivity contribution is -0.166. The number of aliphatic carboxylic acids is 2. The molecule has 3 N–H and O–H groups in total. The standard InChI is InChI=1S/C31H42N2O7.C4H4O4/c1-8-39-29(35)24(15-14-21-12-10-9-11-13-21)32-20(2)28(34)33-19-23-18-27(38-7)26(37-6)17-22(23)16-25(33)30(36)40-31(3,4)5;5-3(6)1-2-4(7)8/h9-13,17-18,20,24-25,32H,8,14-16,19H2,1-7H3;1-2H,(H,5,6)(H,7,8)/b;2-1+/t20-,24-,25-;/m0./s1. The van der Waals surface area contributed by atoms with Crippen LogP contribution < -0.4 is 14.8 Å². The van der Waals surface area contributed by atoms with Crippen LogP contribution in [0.25, 0.3) is 0 Å². The molecule has 13 heteroatoms. The SMILES string of the molecule is CCOC(=O)[C@H](CCc1ccccc1)N[C@@H](C)C(=O)N1Cc2cc(OC)c(OC)cc2C[C@H]1C(=O)OC(C)(C)C.O=C(O)/C=C/C(=O)O. The third kappa shape index (κ3) is 12.4. The summed E-state index contributed by atoms with van der Waals surface area (Å²) < 4.78 is 21.9. The number of carbonyl (C=O) groups excluding carboxylic acids is 3. The zero-order valence-electron chi connectivity index (χ0n) is 28.5. The highest BCUT2D eigenvalue weighted by Gasteiger charge is 2.40. The molecule has 0 radical (unpaired) electrons. The Balaban J connectivity index is 0.000000886. The number of methoxy groups -OCH3 is 2. The second kappa shape index (κ2) is 18.4. The number of hydrogen-bond donors (Lipinski definition) is 3. The Labute approximate surface area is 280 Å². The molecule has 0 saturated heterocycles. The molecule has 1 amide bonds. The molecule has 1 aliphatic rings. The van der Waals surface area contributed by atoms with Crippen molar-refractivity contribution in [1.29, 1.82) is 0 Å². The second-order valence-corrected chi connectivity index (χ2v) is 11.9. The molecule has 48 heavy (non-hydrogen) atoms. The number of nitrogens with one attached hydrogen (secondary N) is 1. The van der Waals surface area contributed by atoms with Gasteiger partial charge in [-0.3, -0.25) is 14.9 Å². The summed E-state index contributed by atoms with van der Waals surface area (Å²) in [5.74, 6) is -2.64. The van der Waals surface area contributed by atoms with Gasteiger partial charge in [-0.2, -0.15) is 0 Å². The third-order valence-corrected chi connectivity index (χ3v) is 7.12. The minimum Gasteiger partial charge on any atom is -0.493 e. The van der Waals surface area contributed by atoms with E-state index in [1.807, 2.05) is 42.5 Å². The number of esters is 2. The fourth-order valence-electron chi connectivity index (χ4n) is 4.96. The molecular weight excluding hydrogens is 624 g/mol. The van der Waals surface area contributed by atoms with Gasteiger partial charge in [-0.05, 0) is 76.3 Å². The van der Waals surface area contributed by atoms with E-state index in [4.69, 9.17) is 29.2 Å². The summed E-state index contributed by atoms with van der Waals surface area (Å²) in [7, 11) is 3.11. The van der Waals surface area contributed by atoms with Crippen molar-refractivity contribution in [3.63, 3.8) is 0 Å². The average molecular weight is 671 g/mol. The summed E-state index contributed by atoms with van der Waals surface area (Å²) in [5.41, 5.74) is 2.09. The van der Waals surface area contributed by atoms with Crippen LogP contribution in [0.3, 0.4) is 0 Å². The number of rotatable bonds is 13. The minimum atomic E-state index is -1.26. The average Bonchev–Trinajstić information content (AvgIpc) is 3.03. The molecule has 0 bridgehead atoms. The van der Waals surface area contributed by atoms with Gasteiger partial charge >= 0.3 is 23.9 Å². The van der Waals surface area contributed by atoms with Gasteiger partial charge < -0.3 is 34.1 Å². The fourth-order valence-corrected chi connectivity index (χ4v) is 4.96. The Morgan fingerprint density at radius 2 is 1.52 bits per heavy atom. The van der Waals surface area contributed by atoms with Crippen molar-refractivity contribution in [1.82, 2.24) is 10.2 Å². The van der Waals surface area contributed by atoms with E-state index in [1.165, 1.54) is 4.90 Å². The predicted molar refractivity (Wildman–Crippen MR) is 176 cm³/mol. The molecule has 2 aromatic rings. The first kappa shape index (κ1) is 39.3. The number of nitrogens with zero attached hydrogens (tertiary/aromatic N) is 1. The monoisotopic (exact) mass is 670 g/mol. The zero-order chi connectivity index (χ0) is 36.0. The van der Waals surface area contributed by atoms with Gasteiger partial charge in [0.2, 0.25) is 5.91 Å². The molecule has 262 valence electrons. The van der Waals surface area contributed by atoms with Gasteiger partial charge in [0.1, 0.15) is 17.7 Å². The number of hydrogen-bond acceptors (Lipinski definition) is 10. The van der Waals surface area contributed by atoms with Crippen LogP contribution in [0.15, 0.2) is 54.6 Å². The van der Waals surface area contributed by atoms with Crippen molar-refractivity contribution >= 4 is 29.8 Å². The first-order valence-corrected chi connectivity index (χ1v) is 15.5. The molecule has 2 aromatic carbocycles. The lowest BCUT2D eigenvalue weighted by Gasteiger charge is -2.38. The number of ether oxygens (including phenoxy) is 4. The van der Waals surface area contributed by atoms with Gasteiger partial charge in [0, 0.05) is 25.1 Å². The number of carboxylic acid groups (broad SMARTS) is 2. The van der Waals surface area contributed by atoms with Gasteiger partial charge in [-0.1, -0.05) is 30.3 Å². The maximum absolute atomic E-state index is 13.9. The fraction of sp³-hybridized carbons (Fsp3) is 0.457. The van der Waals surface area contributed by atoms with Crippen molar-refractivity contribution < 1.29 is 53.1 Å². The lowest BCUT2D eigenvalue weighted by Crippen LogP contribution is -2.57. The van der Waals surface area contributed by atoms with Gasteiger partial charge in [0.05, 0.1) is 26.9 Å². The van der Waals surface area contributed by atoms with Crippen molar-refractivity contribution in [3.05, 3.63) is 71.3 Å². The lowest BCUT2D eigenvalue weighted by atomic mass is 9.92.